The molecule has 0 aliphatic heterocycles. The Balaban J connectivity index is 3.24. The molecule has 0 saturated heterocycles. The van der Waals surface area contributed by atoms with Crippen LogP contribution in [-0.4, -0.2) is 23.5 Å². The van der Waals surface area contributed by atoms with Crippen LogP contribution in [0, 0.1) is 0 Å². The lowest BCUT2D eigenvalue weighted by Crippen LogP contribution is -2.53. The number of anilines is 1. The lowest BCUT2D eigenvalue weighted by molar-refractivity contribution is -0.376. The number of halogens is 6. The number of hydrogen-bond donors (Lipinski definition) is 2. The van der Waals surface area contributed by atoms with Crippen molar-refractivity contribution in [2.24, 2.45) is 0 Å². The van der Waals surface area contributed by atoms with Gasteiger partial charge in [0.1, 0.15) is 0 Å². The molecule has 0 bridgehead atoms. The molecule has 0 amide bonds. The molecule has 0 aliphatic carbocycles. The van der Waals surface area contributed by atoms with E-state index < -0.39 is 23.5 Å². The highest BCUT2D eigenvalue weighted by Crippen LogP contribution is 2.50. The second-order valence-electron chi connectivity index (χ2n) is 4.58. The minimum atomic E-state index is -5.86. The zero-order valence-corrected chi connectivity index (χ0v) is 10.6. The van der Waals surface area contributed by atoms with E-state index in [4.69, 9.17) is 5.11 Å². The number of aliphatic hydroxyl groups is 1. The molecule has 1 rings (SSSR count). The van der Waals surface area contributed by atoms with Gasteiger partial charge in [-0.15, -0.1) is 0 Å². The fourth-order valence-corrected chi connectivity index (χ4v) is 1.63. The van der Waals surface area contributed by atoms with Crippen molar-refractivity contribution in [1.29, 1.82) is 0 Å². The van der Waals surface area contributed by atoms with Crippen molar-refractivity contribution in [3.8, 4) is 0 Å². The Kier molecular flexibility index (Phi) is 4.28. The second-order valence-corrected chi connectivity index (χ2v) is 4.58. The third kappa shape index (κ3) is 3.00. The predicted molar refractivity (Wildman–Crippen MR) is 61.2 cm³/mol. The van der Waals surface area contributed by atoms with Gasteiger partial charge in [0.15, 0.2) is 0 Å². The van der Waals surface area contributed by atoms with Crippen molar-refractivity contribution in [1.82, 2.24) is 0 Å². The summed E-state index contributed by atoms with van der Waals surface area (Å²) in [6.07, 6.45) is -11.7. The molecule has 8 heteroatoms. The molecule has 2 N–H and O–H groups in total. The van der Waals surface area contributed by atoms with Crippen LogP contribution in [0.15, 0.2) is 24.3 Å². The molecule has 0 aromatic heterocycles. The highest BCUT2D eigenvalue weighted by atomic mass is 19.4. The highest BCUT2D eigenvalue weighted by Gasteiger charge is 2.71. The van der Waals surface area contributed by atoms with Gasteiger partial charge in [-0.05, 0) is 26.0 Å². The molecule has 0 aliphatic rings. The molecule has 0 heterocycles. The quantitative estimate of drug-likeness (QED) is 0.832. The van der Waals surface area contributed by atoms with Gasteiger partial charge in [-0.25, -0.2) is 0 Å². The number of rotatable bonds is 3. The summed E-state index contributed by atoms with van der Waals surface area (Å²) in [5.74, 6) is 0. The summed E-state index contributed by atoms with van der Waals surface area (Å²) >= 11 is 0. The average Bonchev–Trinajstić information content (AvgIpc) is 2.25. The van der Waals surface area contributed by atoms with Crippen molar-refractivity contribution in [2.75, 3.05) is 5.32 Å². The summed E-state index contributed by atoms with van der Waals surface area (Å²) in [4.78, 5) is 0. The van der Waals surface area contributed by atoms with Gasteiger partial charge in [-0.1, -0.05) is 12.1 Å². The number of nitrogens with one attached hydrogen (secondary N) is 1. The number of alkyl halides is 6. The van der Waals surface area contributed by atoms with Crippen molar-refractivity contribution in [3.05, 3.63) is 29.8 Å². The minimum absolute atomic E-state index is 0.0371. The summed E-state index contributed by atoms with van der Waals surface area (Å²) < 4.78 is 75.7. The van der Waals surface area contributed by atoms with Gasteiger partial charge in [0.2, 0.25) is 0 Å². The van der Waals surface area contributed by atoms with E-state index in [0.717, 1.165) is 12.1 Å². The Bertz CT molecular complexity index is 435. The fourth-order valence-electron chi connectivity index (χ4n) is 1.63. The summed E-state index contributed by atoms with van der Waals surface area (Å²) in [5, 5.41) is 12.0. The average molecular weight is 301 g/mol. The van der Waals surface area contributed by atoms with Crippen LogP contribution in [0.3, 0.4) is 0 Å². The maximum Gasteiger partial charge on any atom is 0.430 e. The largest absolute Gasteiger partial charge is 0.430 e. The van der Waals surface area contributed by atoms with E-state index in [9.17, 15) is 26.3 Å². The first-order chi connectivity index (χ1) is 8.89. The molecule has 1 aromatic rings. The monoisotopic (exact) mass is 301 g/mol. The lowest BCUT2D eigenvalue weighted by atomic mass is 9.92. The molecule has 0 spiro atoms. The molecular weight excluding hydrogens is 288 g/mol. The van der Waals surface area contributed by atoms with Crippen LogP contribution in [0.4, 0.5) is 32.0 Å². The Morgan fingerprint density at radius 1 is 0.900 bits per heavy atom. The molecule has 114 valence electrons. The molecule has 20 heavy (non-hydrogen) atoms. The second kappa shape index (κ2) is 5.16. The summed E-state index contributed by atoms with van der Waals surface area (Å²) in [5.41, 5.74) is -5.79. The third-order valence-corrected chi connectivity index (χ3v) is 2.58. The van der Waals surface area contributed by atoms with Crippen LogP contribution in [0.25, 0.3) is 0 Å². The van der Waals surface area contributed by atoms with Crippen LogP contribution in [-0.2, 0) is 5.60 Å². The van der Waals surface area contributed by atoms with Crippen LogP contribution in [0.1, 0.15) is 19.4 Å². The SMILES string of the molecule is CC(C)Nc1ccc(C(O)(C(F)(F)F)C(F)(F)F)cc1. The summed E-state index contributed by atoms with van der Waals surface area (Å²) in [7, 11) is 0. The van der Waals surface area contributed by atoms with E-state index in [0.29, 0.717) is 17.8 Å². The lowest BCUT2D eigenvalue weighted by Gasteiger charge is -2.32. The van der Waals surface area contributed by atoms with E-state index >= 15 is 0 Å². The summed E-state index contributed by atoms with van der Waals surface area (Å²) in [6.45, 7) is 3.52. The normalized spacial score (nSPS) is 13.7. The predicted octanol–water partition coefficient (Wildman–Crippen LogP) is 3.82. The minimum Gasteiger partial charge on any atom is -0.383 e. The molecule has 0 fully saturated rings. The summed E-state index contributed by atoms with van der Waals surface area (Å²) in [6, 6.07) is 3.28. The van der Waals surface area contributed by atoms with Crippen LogP contribution in [0.2, 0.25) is 0 Å². The van der Waals surface area contributed by atoms with Gasteiger partial charge in [-0.3, -0.25) is 0 Å². The first-order valence-corrected chi connectivity index (χ1v) is 5.62. The zero-order chi connectivity index (χ0) is 15.8. The topological polar surface area (TPSA) is 32.3 Å². The molecular formula is C12H13F6NO. The van der Waals surface area contributed by atoms with Crippen LogP contribution in [0.5, 0.6) is 0 Å². The Hall–Kier alpha value is -1.44. The molecule has 0 unspecified atom stereocenters. The van der Waals surface area contributed by atoms with E-state index in [2.05, 4.69) is 5.32 Å². The van der Waals surface area contributed by atoms with Gasteiger partial charge in [-0.2, -0.15) is 26.3 Å². The van der Waals surface area contributed by atoms with Gasteiger partial charge in [0.25, 0.3) is 5.60 Å². The van der Waals surface area contributed by atoms with Crippen molar-refractivity contribution in [3.63, 3.8) is 0 Å². The highest BCUT2D eigenvalue weighted by molar-refractivity contribution is 5.46. The van der Waals surface area contributed by atoms with E-state index in [-0.39, 0.29) is 6.04 Å². The molecule has 0 saturated carbocycles. The fraction of sp³-hybridized carbons (Fsp3) is 0.500. The molecule has 2 nitrogen and oxygen atoms in total. The van der Waals surface area contributed by atoms with Gasteiger partial charge in [0, 0.05) is 17.3 Å². The number of benzene rings is 1. The van der Waals surface area contributed by atoms with Gasteiger partial charge < -0.3 is 10.4 Å². The first-order valence-electron chi connectivity index (χ1n) is 5.62. The molecule has 1 aromatic carbocycles. The Morgan fingerprint density at radius 3 is 1.60 bits per heavy atom. The van der Waals surface area contributed by atoms with E-state index in [1.54, 1.807) is 13.8 Å². The van der Waals surface area contributed by atoms with E-state index in [1.807, 2.05) is 0 Å². The third-order valence-electron chi connectivity index (χ3n) is 2.58. The Labute approximate surface area is 111 Å². The smallest absolute Gasteiger partial charge is 0.383 e. The standard InChI is InChI=1S/C12H13F6NO/c1-7(2)19-9-5-3-8(4-6-9)10(20,11(13,14)15)12(16,17)18/h3-7,19-20H,1-2H3. The van der Waals surface area contributed by atoms with Crippen LogP contribution < -0.4 is 5.32 Å². The maximum absolute atomic E-state index is 12.6. The Morgan fingerprint density at radius 2 is 1.30 bits per heavy atom. The molecule has 0 atom stereocenters. The van der Waals surface area contributed by atoms with Crippen molar-refractivity contribution in [2.45, 2.75) is 37.8 Å². The van der Waals surface area contributed by atoms with Crippen LogP contribution >= 0.6 is 0 Å². The van der Waals surface area contributed by atoms with Gasteiger partial charge in [0.05, 0.1) is 0 Å². The van der Waals surface area contributed by atoms with Crippen molar-refractivity contribution >= 4 is 5.69 Å². The van der Waals surface area contributed by atoms with Gasteiger partial charge >= 0.3 is 12.4 Å². The number of hydrogen-bond acceptors (Lipinski definition) is 2. The zero-order valence-electron chi connectivity index (χ0n) is 10.6. The van der Waals surface area contributed by atoms with E-state index in [1.165, 1.54) is 0 Å². The first kappa shape index (κ1) is 16.6. The molecule has 0 radical (unpaired) electrons. The maximum atomic E-state index is 12.6. The van der Waals surface area contributed by atoms with Crippen molar-refractivity contribution < 1.29 is 31.4 Å².